The second-order valence-electron chi connectivity index (χ2n) is 2.40. The van der Waals surface area contributed by atoms with Gasteiger partial charge in [-0.2, -0.15) is 5.10 Å². The Morgan fingerprint density at radius 1 is 1.86 bits per heavy atom. The molecule has 0 aliphatic carbocycles. The van der Waals surface area contributed by atoms with Crippen molar-refractivity contribution in [3.63, 3.8) is 0 Å². The van der Waals surface area contributed by atoms with Gasteiger partial charge in [-0.15, -0.1) is 0 Å². The molecule has 0 aliphatic rings. The summed E-state index contributed by atoms with van der Waals surface area (Å²) in [6.07, 6.45) is 4.29. The van der Waals surface area contributed by atoms with Crippen LogP contribution in [-0.2, 0) is 4.74 Å². The number of rotatable bonds is 3. The maximum absolute atomic E-state index is 5.14. The van der Waals surface area contributed by atoms with Crippen molar-refractivity contribution in [1.29, 1.82) is 0 Å². The second-order valence-corrected chi connectivity index (χ2v) is 4.44. The van der Waals surface area contributed by atoms with Gasteiger partial charge in [-0.3, -0.25) is 0 Å². The summed E-state index contributed by atoms with van der Waals surface area (Å²) in [5.41, 5.74) is 0. The smallest absolute Gasteiger partial charge is 0.239 e. The molecule has 1 heterocycles. The normalized spacial score (nSPS) is 14.9. The summed E-state index contributed by atoms with van der Waals surface area (Å²) in [5.74, 6) is 0.514. The maximum Gasteiger partial charge on any atom is 0.239 e. The van der Waals surface area contributed by atoms with Gasteiger partial charge in [0.2, 0.25) is 5.88 Å². The van der Waals surface area contributed by atoms with Gasteiger partial charge in [-0.1, -0.05) is 6.08 Å². The van der Waals surface area contributed by atoms with Crippen LogP contribution in [0.4, 0.5) is 0 Å². The molecule has 0 amide bonds. The molecule has 14 heavy (non-hydrogen) atoms. The Bertz CT molecular complexity index is 440. The van der Waals surface area contributed by atoms with Crippen molar-refractivity contribution in [3.8, 4) is 0 Å². The van der Waals surface area contributed by atoms with Gasteiger partial charge in [0, 0.05) is 5.22 Å². The van der Waals surface area contributed by atoms with Gasteiger partial charge in [0.15, 0.2) is 0 Å². The van der Waals surface area contributed by atoms with Crippen LogP contribution < -0.4 is 10.6 Å². The molecule has 0 spiro atoms. The van der Waals surface area contributed by atoms with Crippen molar-refractivity contribution in [1.82, 2.24) is 9.55 Å². The molecule has 0 aromatic carbocycles. The van der Waals surface area contributed by atoms with Crippen molar-refractivity contribution in [2.75, 3.05) is 7.11 Å². The lowest BCUT2D eigenvalue weighted by atomic mass is 10.4. The van der Waals surface area contributed by atoms with Gasteiger partial charge in [-0.05, 0) is 35.7 Å². The number of halogens is 1. The first kappa shape index (κ1) is 11.7. The van der Waals surface area contributed by atoms with E-state index in [2.05, 4.69) is 38.8 Å². The standard InChI is InChI=1S/C8H11IN3OP/c1-4-6-5-11-12(14-9)7(6)8(10-2)13-3/h4-5,14H,2H2,1,3H3/b6-4-,8-7-. The summed E-state index contributed by atoms with van der Waals surface area (Å²) in [4.78, 5) is 3.83. The minimum Gasteiger partial charge on any atom is -0.479 e. The highest BCUT2D eigenvalue weighted by molar-refractivity contribution is 14.2. The number of ether oxygens (including phenoxy) is 1. The minimum atomic E-state index is 0.514. The van der Waals surface area contributed by atoms with Crippen molar-refractivity contribution in [2.45, 2.75) is 6.92 Å². The fraction of sp³-hybridized carbons (Fsp3) is 0.250. The number of aromatic nitrogens is 2. The molecule has 1 aromatic rings. The van der Waals surface area contributed by atoms with Gasteiger partial charge in [0.05, 0.1) is 19.7 Å². The third kappa shape index (κ3) is 2.15. The number of nitrogens with zero attached hydrogens (tertiary/aromatic N) is 3. The van der Waals surface area contributed by atoms with Crippen LogP contribution in [0.5, 0.6) is 0 Å². The van der Waals surface area contributed by atoms with Gasteiger partial charge < -0.3 is 4.74 Å². The van der Waals surface area contributed by atoms with Gasteiger partial charge >= 0.3 is 0 Å². The highest BCUT2D eigenvalue weighted by Crippen LogP contribution is 2.18. The summed E-state index contributed by atoms with van der Waals surface area (Å²) in [6, 6.07) is 0. The highest BCUT2D eigenvalue weighted by Gasteiger charge is 2.02. The van der Waals surface area contributed by atoms with Crippen LogP contribution >= 0.6 is 28.4 Å². The third-order valence-electron chi connectivity index (χ3n) is 1.73. The van der Waals surface area contributed by atoms with Crippen LogP contribution in [0.25, 0.3) is 12.0 Å². The lowest BCUT2D eigenvalue weighted by Gasteiger charge is -1.99. The fourth-order valence-corrected chi connectivity index (χ4v) is 2.59. The molecule has 6 heteroatoms. The van der Waals surface area contributed by atoms with Crippen LogP contribution in [0.15, 0.2) is 11.2 Å². The largest absolute Gasteiger partial charge is 0.479 e. The van der Waals surface area contributed by atoms with E-state index in [1.807, 2.05) is 17.5 Å². The molecule has 0 radical (unpaired) electrons. The molecule has 0 bridgehead atoms. The first-order valence-electron chi connectivity index (χ1n) is 3.90. The quantitative estimate of drug-likeness (QED) is 0.471. The van der Waals surface area contributed by atoms with Gasteiger partial charge in [-0.25, -0.2) is 9.44 Å². The minimum absolute atomic E-state index is 0.514. The molecule has 1 rings (SSSR count). The van der Waals surface area contributed by atoms with Crippen molar-refractivity contribution < 1.29 is 4.74 Å². The predicted octanol–water partition coefficient (Wildman–Crippen LogP) is 0.888. The maximum atomic E-state index is 5.14. The molecule has 0 aliphatic heterocycles. The van der Waals surface area contributed by atoms with E-state index in [0.717, 1.165) is 10.6 Å². The molecule has 1 unspecified atom stereocenters. The van der Waals surface area contributed by atoms with Crippen LogP contribution in [0.3, 0.4) is 0 Å². The number of methoxy groups -OCH3 is 1. The van der Waals surface area contributed by atoms with E-state index < -0.39 is 0 Å². The van der Waals surface area contributed by atoms with Crippen LogP contribution in [0.2, 0.25) is 0 Å². The molecule has 0 saturated carbocycles. The predicted molar refractivity (Wildman–Crippen MR) is 69.3 cm³/mol. The highest BCUT2D eigenvalue weighted by atomic mass is 127. The van der Waals surface area contributed by atoms with Crippen molar-refractivity contribution >= 4 is 47.1 Å². The van der Waals surface area contributed by atoms with Gasteiger partial charge in [0.1, 0.15) is 5.35 Å². The average molecular weight is 323 g/mol. The Hall–Kier alpha value is -0.420. The second kappa shape index (κ2) is 5.46. The van der Waals surface area contributed by atoms with Crippen LogP contribution in [-0.4, -0.2) is 23.4 Å². The Balaban J connectivity index is 3.65. The zero-order valence-electron chi connectivity index (χ0n) is 7.99. The van der Waals surface area contributed by atoms with E-state index in [4.69, 9.17) is 4.74 Å². The number of hydrogen-bond acceptors (Lipinski definition) is 3. The molecular weight excluding hydrogens is 312 g/mol. The number of aliphatic imine (C=N–C) groups is 1. The van der Waals surface area contributed by atoms with E-state index in [0.29, 0.717) is 12.3 Å². The van der Waals surface area contributed by atoms with Crippen LogP contribution in [0.1, 0.15) is 6.92 Å². The summed E-state index contributed by atoms with van der Waals surface area (Å²) >= 11 is 2.26. The molecule has 1 aromatic heterocycles. The zero-order chi connectivity index (χ0) is 10.6. The molecule has 0 fully saturated rings. The average Bonchev–Trinajstić information content (AvgIpc) is 2.63. The molecule has 76 valence electrons. The van der Waals surface area contributed by atoms with E-state index in [1.54, 1.807) is 13.3 Å². The molecule has 4 nitrogen and oxygen atoms in total. The molecule has 1 atom stereocenters. The van der Waals surface area contributed by atoms with Crippen molar-refractivity contribution in [2.24, 2.45) is 4.99 Å². The van der Waals surface area contributed by atoms with E-state index in [-0.39, 0.29) is 0 Å². The van der Waals surface area contributed by atoms with E-state index in [1.165, 1.54) is 0 Å². The SMILES string of the molecule is C=N/C(OC)=c1\c(=C/C)cnn1PI. The zero-order valence-corrected chi connectivity index (χ0v) is 11.1. The van der Waals surface area contributed by atoms with Gasteiger partial charge in [0.25, 0.3) is 0 Å². The lowest BCUT2D eigenvalue weighted by molar-refractivity contribution is 0.355. The first-order chi connectivity index (χ1) is 6.78. The van der Waals surface area contributed by atoms with E-state index in [9.17, 15) is 0 Å². The van der Waals surface area contributed by atoms with Crippen molar-refractivity contribution in [3.05, 3.63) is 16.8 Å². The molecular formula is C8H11IN3OP. The fourth-order valence-electron chi connectivity index (χ4n) is 1.09. The topological polar surface area (TPSA) is 39.4 Å². The van der Waals surface area contributed by atoms with Crippen LogP contribution in [0, 0.1) is 0 Å². The summed E-state index contributed by atoms with van der Waals surface area (Å²) in [7, 11) is 1.58. The first-order valence-corrected chi connectivity index (χ1v) is 7.96. The monoisotopic (exact) mass is 323 g/mol. The van der Waals surface area contributed by atoms with E-state index >= 15 is 0 Å². The summed E-state index contributed by atoms with van der Waals surface area (Å²) in [6.45, 7) is 5.43. The number of hydrogen-bond donors (Lipinski definition) is 0. The Labute approximate surface area is 97.1 Å². The summed E-state index contributed by atoms with van der Waals surface area (Å²) < 4.78 is 6.99. The molecule has 0 N–H and O–H groups in total. The Morgan fingerprint density at radius 3 is 3.00 bits per heavy atom. The lowest BCUT2D eigenvalue weighted by Crippen LogP contribution is -2.28. The Morgan fingerprint density at radius 2 is 2.57 bits per heavy atom. The third-order valence-corrected chi connectivity index (χ3v) is 3.60. The Kier molecular flexibility index (Phi) is 4.54. The summed E-state index contributed by atoms with van der Waals surface area (Å²) in [5, 5.41) is 6.12. The molecule has 0 saturated heterocycles.